The second kappa shape index (κ2) is 7.06. The summed E-state index contributed by atoms with van der Waals surface area (Å²) in [5.74, 6) is -2.64. The minimum atomic E-state index is -1.32. The lowest BCUT2D eigenvalue weighted by Gasteiger charge is -2.13. The first-order chi connectivity index (χ1) is 12.9. The summed E-state index contributed by atoms with van der Waals surface area (Å²) in [5.41, 5.74) is 0.762. The quantitative estimate of drug-likeness (QED) is 0.323. The standard InChI is InChI=1S/C16H6Br2N2O4S3/c17-7-3-1-5(25-7)9-11(15(21)22)12(16(23)24)10(6-2-4-8(18)26-6)14-13(9)19-27-20-14/h1-4H,(H,21,22)(H,23,24). The highest BCUT2D eigenvalue weighted by molar-refractivity contribution is 9.11. The molecule has 0 fully saturated rings. The molecule has 0 aliphatic rings. The van der Waals surface area contributed by atoms with Gasteiger partial charge in [-0.25, -0.2) is 9.59 Å². The van der Waals surface area contributed by atoms with E-state index in [1.54, 1.807) is 24.3 Å². The van der Waals surface area contributed by atoms with Crippen molar-refractivity contribution in [1.82, 2.24) is 8.75 Å². The van der Waals surface area contributed by atoms with Gasteiger partial charge < -0.3 is 10.2 Å². The number of aromatic nitrogens is 2. The molecule has 0 aliphatic heterocycles. The fraction of sp³-hybridized carbons (Fsp3) is 0. The Balaban J connectivity index is 2.23. The zero-order valence-electron chi connectivity index (χ0n) is 12.9. The molecule has 2 N–H and O–H groups in total. The van der Waals surface area contributed by atoms with Crippen LogP contribution in [0.5, 0.6) is 0 Å². The van der Waals surface area contributed by atoms with Gasteiger partial charge in [-0.3, -0.25) is 0 Å². The van der Waals surface area contributed by atoms with Crippen LogP contribution >= 0.6 is 66.3 Å². The summed E-state index contributed by atoms with van der Waals surface area (Å²) in [6.45, 7) is 0. The molecule has 0 spiro atoms. The number of halogens is 2. The molecule has 0 saturated carbocycles. The first-order valence-electron chi connectivity index (χ1n) is 7.18. The van der Waals surface area contributed by atoms with Crippen molar-refractivity contribution in [3.05, 3.63) is 43.0 Å². The van der Waals surface area contributed by atoms with Crippen LogP contribution in [0.2, 0.25) is 0 Å². The van der Waals surface area contributed by atoms with Crippen molar-refractivity contribution in [2.24, 2.45) is 0 Å². The van der Waals surface area contributed by atoms with E-state index in [0.29, 0.717) is 20.8 Å². The van der Waals surface area contributed by atoms with E-state index in [2.05, 4.69) is 40.6 Å². The summed E-state index contributed by atoms with van der Waals surface area (Å²) in [6.07, 6.45) is 0. The number of carboxylic acids is 2. The van der Waals surface area contributed by atoms with E-state index in [-0.39, 0.29) is 22.3 Å². The molecule has 0 bridgehead atoms. The Morgan fingerprint density at radius 1 is 0.778 bits per heavy atom. The number of rotatable bonds is 4. The molecule has 0 amide bonds. The molecule has 0 unspecified atom stereocenters. The van der Waals surface area contributed by atoms with Crippen LogP contribution in [0.25, 0.3) is 31.9 Å². The first kappa shape index (κ1) is 18.7. The minimum Gasteiger partial charge on any atom is -0.478 e. The molecule has 4 rings (SSSR count). The molecule has 0 radical (unpaired) electrons. The van der Waals surface area contributed by atoms with Crippen molar-refractivity contribution < 1.29 is 19.8 Å². The van der Waals surface area contributed by atoms with Gasteiger partial charge in [-0.15, -0.1) is 22.7 Å². The zero-order valence-corrected chi connectivity index (χ0v) is 18.5. The predicted molar refractivity (Wildman–Crippen MR) is 113 cm³/mol. The smallest absolute Gasteiger partial charge is 0.337 e. The van der Waals surface area contributed by atoms with Gasteiger partial charge in [0.25, 0.3) is 0 Å². The SMILES string of the molecule is O=C(O)c1c(C(=O)O)c(-c2ccc(Br)s2)c2nsnc2c1-c1ccc(Br)s1. The second-order valence-electron chi connectivity index (χ2n) is 5.28. The molecule has 0 saturated heterocycles. The van der Waals surface area contributed by atoms with Gasteiger partial charge in [-0.05, 0) is 56.1 Å². The van der Waals surface area contributed by atoms with E-state index in [1.807, 2.05) is 0 Å². The van der Waals surface area contributed by atoms with Crippen LogP contribution in [0.3, 0.4) is 0 Å². The molecular formula is C16H6Br2N2O4S3. The molecule has 1 aromatic carbocycles. The Morgan fingerprint density at radius 3 is 1.48 bits per heavy atom. The molecule has 0 aliphatic carbocycles. The number of carbonyl (C=O) groups is 2. The van der Waals surface area contributed by atoms with Crippen molar-refractivity contribution in [3.63, 3.8) is 0 Å². The molecule has 27 heavy (non-hydrogen) atoms. The van der Waals surface area contributed by atoms with Crippen LogP contribution in [-0.2, 0) is 0 Å². The second-order valence-corrected chi connectivity index (χ2v) is 10.7. The summed E-state index contributed by atoms with van der Waals surface area (Å²) in [7, 11) is 0. The molecule has 3 heterocycles. The Hall–Kier alpha value is -1.66. The Kier molecular flexibility index (Phi) is 4.89. The van der Waals surface area contributed by atoms with Gasteiger partial charge >= 0.3 is 11.9 Å². The number of carboxylic acid groups (broad SMARTS) is 2. The molecule has 3 aromatic heterocycles. The first-order valence-corrected chi connectivity index (χ1v) is 11.1. The maximum atomic E-state index is 12.2. The molecule has 136 valence electrons. The van der Waals surface area contributed by atoms with Gasteiger partial charge in [0, 0.05) is 20.9 Å². The monoisotopic (exact) mass is 544 g/mol. The summed E-state index contributed by atoms with van der Waals surface area (Å²) >= 11 is 10.3. The van der Waals surface area contributed by atoms with E-state index in [1.165, 1.54) is 22.7 Å². The lowest BCUT2D eigenvalue weighted by molar-refractivity contribution is 0.0653. The largest absolute Gasteiger partial charge is 0.478 e. The van der Waals surface area contributed by atoms with Crippen LogP contribution < -0.4 is 0 Å². The minimum absolute atomic E-state index is 0.277. The summed E-state index contributed by atoms with van der Waals surface area (Å²) in [5, 5.41) is 19.8. The third-order valence-electron chi connectivity index (χ3n) is 3.78. The lowest BCUT2D eigenvalue weighted by atomic mass is 9.92. The van der Waals surface area contributed by atoms with E-state index in [4.69, 9.17) is 0 Å². The third-order valence-corrected chi connectivity index (χ3v) is 7.59. The van der Waals surface area contributed by atoms with E-state index >= 15 is 0 Å². The van der Waals surface area contributed by atoms with Crippen molar-refractivity contribution in [1.29, 1.82) is 0 Å². The zero-order chi connectivity index (χ0) is 19.3. The Labute approximate surface area is 180 Å². The van der Waals surface area contributed by atoms with E-state index in [0.717, 1.165) is 19.3 Å². The third kappa shape index (κ3) is 3.13. The van der Waals surface area contributed by atoms with Crippen molar-refractivity contribution >= 4 is 89.2 Å². The fourth-order valence-corrected chi connectivity index (χ4v) is 6.24. The highest BCUT2D eigenvalue weighted by Crippen LogP contribution is 2.45. The van der Waals surface area contributed by atoms with Gasteiger partial charge in [0.1, 0.15) is 11.0 Å². The molecule has 4 aromatic rings. The highest BCUT2D eigenvalue weighted by atomic mass is 79.9. The van der Waals surface area contributed by atoms with E-state index < -0.39 is 11.9 Å². The normalized spacial score (nSPS) is 11.2. The number of hydrogen-bond acceptors (Lipinski definition) is 7. The van der Waals surface area contributed by atoms with Gasteiger partial charge in [0.2, 0.25) is 0 Å². The summed E-state index contributed by atoms with van der Waals surface area (Å²) in [6, 6.07) is 7.04. The van der Waals surface area contributed by atoms with Crippen molar-refractivity contribution in [3.8, 4) is 20.9 Å². The van der Waals surface area contributed by atoms with Gasteiger partial charge in [0.05, 0.1) is 30.4 Å². The van der Waals surface area contributed by atoms with Gasteiger partial charge in [-0.1, -0.05) is 0 Å². The maximum absolute atomic E-state index is 12.2. The van der Waals surface area contributed by atoms with Crippen LogP contribution in [0.1, 0.15) is 20.7 Å². The number of hydrogen-bond donors (Lipinski definition) is 2. The molecule has 6 nitrogen and oxygen atoms in total. The molecule has 0 atom stereocenters. The Morgan fingerprint density at radius 2 is 1.19 bits per heavy atom. The average molecular weight is 546 g/mol. The van der Waals surface area contributed by atoms with Gasteiger partial charge in [0.15, 0.2) is 0 Å². The average Bonchev–Trinajstić information content (AvgIpc) is 3.33. The lowest BCUT2D eigenvalue weighted by Crippen LogP contribution is -2.12. The summed E-state index contributed by atoms with van der Waals surface area (Å²) in [4.78, 5) is 25.5. The van der Waals surface area contributed by atoms with Crippen LogP contribution in [0.4, 0.5) is 0 Å². The van der Waals surface area contributed by atoms with Crippen LogP contribution in [-0.4, -0.2) is 30.9 Å². The topological polar surface area (TPSA) is 100 Å². The highest BCUT2D eigenvalue weighted by Gasteiger charge is 2.32. The van der Waals surface area contributed by atoms with Crippen LogP contribution in [0, 0.1) is 0 Å². The predicted octanol–water partition coefficient (Wildman–Crippen LogP) is 6.07. The number of aromatic carboxylic acids is 2. The molecular weight excluding hydrogens is 540 g/mol. The maximum Gasteiger partial charge on any atom is 0.337 e. The van der Waals surface area contributed by atoms with Crippen LogP contribution in [0.15, 0.2) is 31.8 Å². The Bertz CT molecular complexity index is 1140. The van der Waals surface area contributed by atoms with Crippen molar-refractivity contribution in [2.75, 3.05) is 0 Å². The number of nitrogens with zero attached hydrogens (tertiary/aromatic N) is 2. The van der Waals surface area contributed by atoms with E-state index in [9.17, 15) is 19.8 Å². The number of benzene rings is 1. The number of thiophene rings is 2. The molecule has 11 heteroatoms. The van der Waals surface area contributed by atoms with Gasteiger partial charge in [-0.2, -0.15) is 8.75 Å². The fourth-order valence-electron chi connectivity index (χ4n) is 2.81. The van der Waals surface area contributed by atoms with Crippen molar-refractivity contribution in [2.45, 2.75) is 0 Å². The number of fused-ring (bicyclic) bond motifs is 1. The summed E-state index contributed by atoms with van der Waals surface area (Å²) < 4.78 is 10.2.